The van der Waals surface area contributed by atoms with E-state index in [1.54, 1.807) is 17.9 Å². The zero-order valence-electron chi connectivity index (χ0n) is 11.4. The Morgan fingerprint density at radius 2 is 1.94 bits per heavy atom. The minimum Gasteiger partial charge on any atom is -0.335 e. The first-order chi connectivity index (χ1) is 8.11. The lowest BCUT2D eigenvalue weighted by Crippen LogP contribution is -2.30. The van der Waals surface area contributed by atoms with Crippen molar-refractivity contribution in [2.45, 2.75) is 40.0 Å². The number of rotatable bonds is 8. The normalized spacial score (nSPS) is 11.8. The fraction of sp³-hybridized carbons (Fsp3) is 0.533. The van der Waals surface area contributed by atoms with Gasteiger partial charge in [-0.1, -0.05) is 36.8 Å². The second-order valence-corrected chi connectivity index (χ2v) is 4.20. The highest BCUT2D eigenvalue weighted by Gasteiger charge is 2.06. The molecule has 0 unspecified atom stereocenters. The summed E-state index contributed by atoms with van der Waals surface area (Å²) in [4.78, 5) is 13.1. The van der Waals surface area contributed by atoms with Crippen LogP contribution >= 0.6 is 0 Å². The first-order valence-electron chi connectivity index (χ1n) is 6.28. The van der Waals surface area contributed by atoms with Crippen LogP contribution in [0.4, 0.5) is 0 Å². The van der Waals surface area contributed by atoms with Crippen LogP contribution in [0.1, 0.15) is 40.0 Å². The van der Waals surface area contributed by atoms with E-state index in [-0.39, 0.29) is 5.91 Å². The fourth-order valence-corrected chi connectivity index (χ4v) is 1.54. The number of carbonyl (C=O) groups is 1. The molecule has 96 valence electrons. The van der Waals surface area contributed by atoms with Crippen molar-refractivity contribution in [3.63, 3.8) is 0 Å². The largest absolute Gasteiger partial charge is 0.335 e. The van der Waals surface area contributed by atoms with Crippen molar-refractivity contribution >= 4 is 5.91 Å². The first-order valence-corrected chi connectivity index (χ1v) is 6.28. The Labute approximate surface area is 106 Å². The van der Waals surface area contributed by atoms with Crippen LogP contribution < -0.4 is 0 Å². The molecule has 0 saturated heterocycles. The molecule has 2 nitrogen and oxygen atoms in total. The first kappa shape index (κ1) is 15.7. The van der Waals surface area contributed by atoms with Gasteiger partial charge in [0, 0.05) is 20.0 Å². The van der Waals surface area contributed by atoms with E-state index in [1.165, 1.54) is 5.57 Å². The summed E-state index contributed by atoms with van der Waals surface area (Å²) in [6, 6.07) is 0. The Hall–Kier alpha value is -1.31. The van der Waals surface area contributed by atoms with E-state index in [0.717, 1.165) is 19.3 Å². The second kappa shape index (κ2) is 9.88. The summed E-state index contributed by atoms with van der Waals surface area (Å²) in [6.45, 7) is 10.8. The molecule has 0 spiro atoms. The van der Waals surface area contributed by atoms with Crippen molar-refractivity contribution in [1.29, 1.82) is 0 Å². The van der Waals surface area contributed by atoms with Gasteiger partial charge in [0.25, 0.3) is 0 Å². The Bertz CT molecular complexity index is 289. The van der Waals surface area contributed by atoms with Crippen molar-refractivity contribution < 1.29 is 4.79 Å². The molecule has 0 bridgehead atoms. The SMILES string of the molecule is C=CCN(CC(C)=CCCC=CCC)C(C)=O. The Balaban J connectivity index is 4.06. The molecule has 17 heavy (non-hydrogen) atoms. The van der Waals surface area contributed by atoms with Crippen molar-refractivity contribution in [3.05, 3.63) is 36.5 Å². The molecule has 0 rings (SSSR count). The molecule has 0 heterocycles. The molecule has 1 amide bonds. The van der Waals surface area contributed by atoms with Gasteiger partial charge in [-0.15, -0.1) is 6.58 Å². The lowest BCUT2D eigenvalue weighted by Gasteiger charge is -2.19. The lowest BCUT2D eigenvalue weighted by atomic mass is 10.2. The lowest BCUT2D eigenvalue weighted by molar-refractivity contribution is -0.127. The molecular weight excluding hydrogens is 210 g/mol. The standard InChI is InChI=1S/C15H25NO/c1-5-7-8-9-10-11-14(3)13-16(12-6-2)15(4)17/h6-8,11H,2,5,9-10,12-13H2,1,3-4H3. The van der Waals surface area contributed by atoms with Crippen molar-refractivity contribution in [3.8, 4) is 0 Å². The molecular formula is C15H25NO. The zero-order valence-corrected chi connectivity index (χ0v) is 11.4. The summed E-state index contributed by atoms with van der Waals surface area (Å²) in [5.41, 5.74) is 1.24. The molecule has 0 atom stereocenters. The molecule has 0 aliphatic heterocycles. The van der Waals surface area contributed by atoms with Gasteiger partial charge in [-0.05, 0) is 26.2 Å². The van der Waals surface area contributed by atoms with Crippen LogP contribution in [0.15, 0.2) is 36.5 Å². The van der Waals surface area contributed by atoms with Gasteiger partial charge in [0.15, 0.2) is 0 Å². The molecule has 0 aliphatic carbocycles. The van der Waals surface area contributed by atoms with Gasteiger partial charge >= 0.3 is 0 Å². The zero-order chi connectivity index (χ0) is 13.1. The molecule has 0 aliphatic rings. The number of amides is 1. The smallest absolute Gasteiger partial charge is 0.220 e. The maximum absolute atomic E-state index is 11.3. The number of nitrogens with zero attached hydrogens (tertiary/aromatic N) is 1. The van der Waals surface area contributed by atoms with Crippen LogP contribution in [0, 0.1) is 0 Å². The highest BCUT2D eigenvalue weighted by molar-refractivity contribution is 5.73. The van der Waals surface area contributed by atoms with Gasteiger partial charge in [-0.3, -0.25) is 4.79 Å². The topological polar surface area (TPSA) is 20.3 Å². The van der Waals surface area contributed by atoms with E-state index in [1.807, 2.05) is 0 Å². The molecule has 2 heteroatoms. The van der Waals surface area contributed by atoms with E-state index < -0.39 is 0 Å². The maximum Gasteiger partial charge on any atom is 0.220 e. The maximum atomic E-state index is 11.3. The third kappa shape index (κ3) is 8.49. The van der Waals surface area contributed by atoms with Crippen LogP contribution in [0.3, 0.4) is 0 Å². The molecule has 0 aromatic carbocycles. The van der Waals surface area contributed by atoms with Crippen LogP contribution in [0.2, 0.25) is 0 Å². The number of carbonyl (C=O) groups excluding carboxylic acids is 1. The van der Waals surface area contributed by atoms with E-state index in [2.05, 4.69) is 38.7 Å². The molecule has 0 radical (unpaired) electrons. The van der Waals surface area contributed by atoms with Gasteiger partial charge in [-0.2, -0.15) is 0 Å². The van der Waals surface area contributed by atoms with Crippen molar-refractivity contribution in [2.24, 2.45) is 0 Å². The minimum absolute atomic E-state index is 0.100. The summed E-state index contributed by atoms with van der Waals surface area (Å²) < 4.78 is 0. The Morgan fingerprint density at radius 3 is 2.47 bits per heavy atom. The summed E-state index contributed by atoms with van der Waals surface area (Å²) in [7, 11) is 0. The predicted octanol–water partition coefficient (Wildman–Crippen LogP) is 3.71. The van der Waals surface area contributed by atoms with Crippen LogP contribution in [0.5, 0.6) is 0 Å². The van der Waals surface area contributed by atoms with Crippen LogP contribution in [0.25, 0.3) is 0 Å². The van der Waals surface area contributed by atoms with Crippen LogP contribution in [-0.2, 0) is 4.79 Å². The summed E-state index contributed by atoms with van der Waals surface area (Å²) in [5, 5.41) is 0. The summed E-state index contributed by atoms with van der Waals surface area (Å²) in [5.74, 6) is 0.100. The third-order valence-corrected chi connectivity index (χ3v) is 2.46. The minimum atomic E-state index is 0.100. The Kier molecular flexibility index (Phi) is 9.12. The molecule has 0 saturated carbocycles. The summed E-state index contributed by atoms with van der Waals surface area (Å²) in [6.07, 6.45) is 11.6. The predicted molar refractivity (Wildman–Crippen MR) is 74.9 cm³/mol. The molecule has 0 fully saturated rings. The molecule has 0 aromatic rings. The quantitative estimate of drug-likeness (QED) is 0.464. The van der Waals surface area contributed by atoms with Crippen molar-refractivity contribution in [1.82, 2.24) is 4.90 Å². The van der Waals surface area contributed by atoms with E-state index in [9.17, 15) is 4.79 Å². The fourth-order valence-electron chi connectivity index (χ4n) is 1.54. The molecule has 0 aromatic heterocycles. The average Bonchev–Trinajstić information content (AvgIpc) is 2.28. The van der Waals surface area contributed by atoms with E-state index >= 15 is 0 Å². The van der Waals surface area contributed by atoms with Crippen molar-refractivity contribution in [2.75, 3.05) is 13.1 Å². The average molecular weight is 235 g/mol. The van der Waals surface area contributed by atoms with Gasteiger partial charge in [-0.25, -0.2) is 0 Å². The monoisotopic (exact) mass is 235 g/mol. The Morgan fingerprint density at radius 1 is 1.24 bits per heavy atom. The third-order valence-electron chi connectivity index (χ3n) is 2.46. The number of hydrogen-bond donors (Lipinski definition) is 0. The summed E-state index contributed by atoms with van der Waals surface area (Å²) >= 11 is 0. The van der Waals surface area contributed by atoms with Gasteiger partial charge in [0.2, 0.25) is 5.91 Å². The van der Waals surface area contributed by atoms with Crippen LogP contribution in [-0.4, -0.2) is 23.9 Å². The van der Waals surface area contributed by atoms with Gasteiger partial charge in [0.1, 0.15) is 0 Å². The number of unbranched alkanes of at least 4 members (excludes halogenated alkanes) is 1. The van der Waals surface area contributed by atoms with E-state index in [0.29, 0.717) is 13.1 Å². The highest BCUT2D eigenvalue weighted by Crippen LogP contribution is 2.03. The second-order valence-electron chi connectivity index (χ2n) is 4.20. The highest BCUT2D eigenvalue weighted by atomic mass is 16.2. The van der Waals surface area contributed by atoms with E-state index in [4.69, 9.17) is 0 Å². The number of hydrogen-bond acceptors (Lipinski definition) is 1. The molecule has 0 N–H and O–H groups in total. The van der Waals surface area contributed by atoms with Gasteiger partial charge < -0.3 is 4.90 Å². The van der Waals surface area contributed by atoms with Gasteiger partial charge in [0.05, 0.1) is 0 Å². The number of allylic oxidation sites excluding steroid dienone is 3.